The van der Waals surface area contributed by atoms with Crippen molar-refractivity contribution in [3.05, 3.63) is 65.2 Å². The van der Waals surface area contributed by atoms with Gasteiger partial charge in [-0.15, -0.1) is 0 Å². The van der Waals surface area contributed by atoms with E-state index >= 15 is 0 Å². The van der Waals surface area contributed by atoms with Crippen LogP contribution in [0.4, 0.5) is 8.78 Å². The number of rotatable bonds is 10. The Bertz CT molecular complexity index is 821. The number of likely N-dealkylation sites (tertiary alicyclic amines) is 1. The van der Waals surface area contributed by atoms with Crippen molar-refractivity contribution in [2.24, 2.45) is 5.92 Å². The third kappa shape index (κ3) is 6.27. The SMILES string of the molecule is COCCN(Cc1ccc(OC(F)F)cc1)C[C@@H]1CCCN(C2Cc3ccccc3C2)C1. The van der Waals surface area contributed by atoms with Crippen LogP contribution in [0.5, 0.6) is 5.75 Å². The van der Waals surface area contributed by atoms with E-state index in [9.17, 15) is 8.78 Å². The van der Waals surface area contributed by atoms with Crippen LogP contribution in [0.1, 0.15) is 29.5 Å². The van der Waals surface area contributed by atoms with Crippen LogP contribution in [-0.4, -0.2) is 62.3 Å². The Balaban J connectivity index is 1.33. The summed E-state index contributed by atoms with van der Waals surface area (Å²) in [6.07, 6.45) is 4.84. The number of piperidine rings is 1. The fourth-order valence-electron chi connectivity index (χ4n) is 5.23. The van der Waals surface area contributed by atoms with Crippen LogP contribution < -0.4 is 4.74 Å². The van der Waals surface area contributed by atoms with Crippen LogP contribution in [0.15, 0.2) is 48.5 Å². The highest BCUT2D eigenvalue weighted by Crippen LogP contribution is 2.29. The van der Waals surface area contributed by atoms with E-state index in [-0.39, 0.29) is 5.75 Å². The first kappa shape index (κ1) is 23.1. The number of hydrogen-bond donors (Lipinski definition) is 0. The van der Waals surface area contributed by atoms with Crippen molar-refractivity contribution >= 4 is 0 Å². The van der Waals surface area contributed by atoms with Gasteiger partial charge in [0.25, 0.3) is 0 Å². The monoisotopic (exact) mass is 444 g/mol. The van der Waals surface area contributed by atoms with E-state index in [1.54, 1.807) is 19.2 Å². The number of halogens is 2. The summed E-state index contributed by atoms with van der Waals surface area (Å²) in [4.78, 5) is 5.14. The first-order valence-electron chi connectivity index (χ1n) is 11.7. The number of methoxy groups -OCH3 is 1. The Kier molecular flexibility index (Phi) is 8.11. The number of benzene rings is 2. The van der Waals surface area contributed by atoms with Crippen molar-refractivity contribution < 1.29 is 18.3 Å². The normalized spacial score (nSPS) is 19.6. The quantitative estimate of drug-likeness (QED) is 0.534. The summed E-state index contributed by atoms with van der Waals surface area (Å²) in [5.74, 6) is 0.832. The molecule has 174 valence electrons. The fraction of sp³-hybridized carbons (Fsp3) is 0.538. The van der Waals surface area contributed by atoms with Crippen LogP contribution in [0, 0.1) is 5.92 Å². The number of nitrogens with zero attached hydrogens (tertiary/aromatic N) is 2. The molecule has 1 atom stereocenters. The molecule has 0 amide bonds. The number of fused-ring (bicyclic) bond motifs is 1. The molecule has 0 radical (unpaired) electrons. The van der Waals surface area contributed by atoms with Gasteiger partial charge in [0.1, 0.15) is 5.75 Å². The van der Waals surface area contributed by atoms with Gasteiger partial charge in [0, 0.05) is 39.3 Å². The lowest BCUT2D eigenvalue weighted by atomic mass is 9.95. The van der Waals surface area contributed by atoms with Crippen LogP contribution >= 0.6 is 0 Å². The lowest BCUT2D eigenvalue weighted by Crippen LogP contribution is -2.46. The number of hydrogen-bond acceptors (Lipinski definition) is 4. The Morgan fingerprint density at radius 2 is 1.78 bits per heavy atom. The van der Waals surface area contributed by atoms with E-state index in [4.69, 9.17) is 4.74 Å². The van der Waals surface area contributed by atoms with Gasteiger partial charge in [-0.3, -0.25) is 9.80 Å². The van der Waals surface area contributed by atoms with Gasteiger partial charge in [-0.05, 0) is 67.0 Å². The van der Waals surface area contributed by atoms with Gasteiger partial charge in [-0.25, -0.2) is 0 Å². The highest BCUT2D eigenvalue weighted by Gasteiger charge is 2.31. The molecule has 1 heterocycles. The molecule has 0 unspecified atom stereocenters. The highest BCUT2D eigenvalue weighted by atomic mass is 19.3. The molecule has 1 saturated heterocycles. The van der Waals surface area contributed by atoms with Crippen LogP contribution in [0.2, 0.25) is 0 Å². The first-order valence-corrected chi connectivity index (χ1v) is 11.7. The van der Waals surface area contributed by atoms with E-state index in [0.717, 1.165) is 31.7 Å². The average Bonchev–Trinajstić information content (AvgIpc) is 3.23. The molecule has 2 aromatic carbocycles. The third-order valence-electron chi connectivity index (χ3n) is 6.78. The van der Waals surface area contributed by atoms with Gasteiger partial charge in [0.2, 0.25) is 0 Å². The van der Waals surface area contributed by atoms with Gasteiger partial charge in [-0.2, -0.15) is 8.78 Å². The molecular weight excluding hydrogens is 410 g/mol. The molecule has 0 N–H and O–H groups in total. The Morgan fingerprint density at radius 1 is 1.06 bits per heavy atom. The summed E-state index contributed by atoms with van der Waals surface area (Å²) >= 11 is 0. The largest absolute Gasteiger partial charge is 0.435 e. The third-order valence-corrected chi connectivity index (χ3v) is 6.78. The van der Waals surface area contributed by atoms with Crippen molar-refractivity contribution in [1.29, 1.82) is 0 Å². The van der Waals surface area contributed by atoms with Gasteiger partial charge in [0.05, 0.1) is 6.61 Å². The second-order valence-electron chi connectivity index (χ2n) is 9.08. The van der Waals surface area contributed by atoms with Crippen molar-refractivity contribution in [1.82, 2.24) is 9.80 Å². The minimum Gasteiger partial charge on any atom is -0.435 e. The molecule has 0 aromatic heterocycles. The number of ether oxygens (including phenoxy) is 2. The van der Waals surface area contributed by atoms with Gasteiger partial charge in [0.15, 0.2) is 0 Å². The molecule has 0 spiro atoms. The predicted molar refractivity (Wildman–Crippen MR) is 122 cm³/mol. The molecule has 0 saturated carbocycles. The zero-order valence-corrected chi connectivity index (χ0v) is 18.9. The predicted octanol–water partition coefficient (Wildman–Crippen LogP) is 4.62. The first-order chi connectivity index (χ1) is 15.6. The van der Waals surface area contributed by atoms with E-state index in [2.05, 4.69) is 38.8 Å². The molecule has 0 bridgehead atoms. The molecule has 2 aliphatic rings. The average molecular weight is 445 g/mol. The van der Waals surface area contributed by atoms with Crippen LogP contribution in [0.25, 0.3) is 0 Å². The zero-order chi connectivity index (χ0) is 22.3. The minimum absolute atomic E-state index is 0.202. The lowest BCUT2D eigenvalue weighted by molar-refractivity contribution is -0.0498. The molecule has 4 nitrogen and oxygen atoms in total. The molecular formula is C26H34F2N2O2. The van der Waals surface area contributed by atoms with Crippen molar-refractivity contribution in [2.75, 3.05) is 39.9 Å². The lowest BCUT2D eigenvalue weighted by Gasteiger charge is -2.38. The molecule has 1 fully saturated rings. The van der Waals surface area contributed by atoms with E-state index < -0.39 is 6.61 Å². The molecule has 6 heteroatoms. The molecule has 4 rings (SSSR count). The Morgan fingerprint density at radius 3 is 2.44 bits per heavy atom. The Labute approximate surface area is 190 Å². The summed E-state index contributed by atoms with van der Waals surface area (Å²) in [5, 5.41) is 0. The molecule has 2 aromatic rings. The smallest absolute Gasteiger partial charge is 0.387 e. The molecule has 32 heavy (non-hydrogen) atoms. The molecule has 1 aliphatic heterocycles. The summed E-state index contributed by atoms with van der Waals surface area (Å²) in [5.41, 5.74) is 4.13. The van der Waals surface area contributed by atoms with Gasteiger partial charge >= 0.3 is 6.61 Å². The summed E-state index contributed by atoms with van der Waals surface area (Å²) in [7, 11) is 1.73. The standard InChI is InChI=1S/C26H34F2N2O2/c1-31-14-13-29(17-20-8-10-25(11-9-20)32-26(27)28)18-21-5-4-12-30(19-21)24-15-22-6-2-3-7-23(22)16-24/h2-3,6-11,21,24,26H,4-5,12-19H2,1H3/t21-/m0/s1. The topological polar surface area (TPSA) is 24.9 Å². The minimum atomic E-state index is -2.79. The maximum atomic E-state index is 12.4. The zero-order valence-electron chi connectivity index (χ0n) is 18.9. The van der Waals surface area contributed by atoms with Crippen LogP contribution in [-0.2, 0) is 24.1 Å². The highest BCUT2D eigenvalue weighted by molar-refractivity contribution is 5.33. The van der Waals surface area contributed by atoms with Crippen molar-refractivity contribution in [2.45, 2.75) is 44.9 Å². The van der Waals surface area contributed by atoms with Crippen molar-refractivity contribution in [3.63, 3.8) is 0 Å². The number of alkyl halides is 2. The Hall–Kier alpha value is -2.02. The fourth-order valence-corrected chi connectivity index (χ4v) is 5.23. The van der Waals surface area contributed by atoms with E-state index in [0.29, 0.717) is 18.6 Å². The maximum Gasteiger partial charge on any atom is 0.387 e. The molecule has 1 aliphatic carbocycles. The summed E-state index contributed by atoms with van der Waals surface area (Å²) in [6.45, 7) is 2.89. The van der Waals surface area contributed by atoms with E-state index in [1.807, 2.05) is 12.1 Å². The van der Waals surface area contributed by atoms with Gasteiger partial charge in [-0.1, -0.05) is 36.4 Å². The summed E-state index contributed by atoms with van der Waals surface area (Å²) in [6, 6.07) is 16.5. The van der Waals surface area contributed by atoms with E-state index in [1.165, 1.54) is 43.4 Å². The maximum absolute atomic E-state index is 12.4. The second-order valence-corrected chi connectivity index (χ2v) is 9.08. The van der Waals surface area contributed by atoms with Gasteiger partial charge < -0.3 is 9.47 Å². The van der Waals surface area contributed by atoms with Crippen LogP contribution in [0.3, 0.4) is 0 Å². The summed E-state index contributed by atoms with van der Waals surface area (Å²) < 4.78 is 34.6. The second kappa shape index (κ2) is 11.2. The van der Waals surface area contributed by atoms with Crippen molar-refractivity contribution in [3.8, 4) is 5.75 Å².